The standard InChI is InChI=1S/C27H31N5O10S/c33-24(23-11-22(43)14-30(23)27(36)42-16-18-3-7-21(8-4-18)32(39)40)12-25(34)28-19-9-10-29(13-19)26(35)41-15-17-1-5-20(6-2-17)31(37)38/h1-8,19,22-24,33,43H,9-16H2,(H,28,34)/t19-,22+,23+,24?/m1/s1. The molecule has 0 aromatic heterocycles. The van der Waals surface area contributed by atoms with Crippen LogP contribution in [0.2, 0.25) is 0 Å². The van der Waals surface area contributed by atoms with Crippen molar-refractivity contribution >= 4 is 42.1 Å². The van der Waals surface area contributed by atoms with E-state index in [-0.39, 0.29) is 55.4 Å². The third kappa shape index (κ3) is 8.54. The van der Waals surface area contributed by atoms with Crippen molar-refractivity contribution in [3.05, 3.63) is 79.9 Å². The molecular weight excluding hydrogens is 586 g/mol. The molecule has 15 nitrogen and oxygen atoms in total. The lowest BCUT2D eigenvalue weighted by molar-refractivity contribution is -0.385. The molecule has 2 aromatic carbocycles. The molecule has 0 bridgehead atoms. The van der Waals surface area contributed by atoms with Crippen LogP contribution >= 0.6 is 12.6 Å². The van der Waals surface area contributed by atoms with Crippen LogP contribution in [0.5, 0.6) is 0 Å². The number of hydrogen-bond donors (Lipinski definition) is 3. The Morgan fingerprint density at radius 3 is 2.00 bits per heavy atom. The number of non-ortho nitro benzene ring substituents is 2. The molecule has 3 amide bonds. The maximum absolute atomic E-state index is 12.8. The second-order valence-corrected chi connectivity index (χ2v) is 11.1. The van der Waals surface area contributed by atoms with Gasteiger partial charge in [0.05, 0.1) is 28.4 Å². The molecule has 2 aliphatic rings. The Morgan fingerprint density at radius 1 is 0.930 bits per heavy atom. The number of benzene rings is 2. The van der Waals surface area contributed by atoms with Gasteiger partial charge in [-0.1, -0.05) is 0 Å². The van der Waals surface area contributed by atoms with E-state index in [1.165, 1.54) is 58.3 Å². The second-order valence-electron chi connectivity index (χ2n) is 10.3. The van der Waals surface area contributed by atoms with Crippen LogP contribution in [0, 0.1) is 20.2 Å². The number of nitro groups is 2. The first-order valence-electron chi connectivity index (χ1n) is 13.5. The summed E-state index contributed by atoms with van der Waals surface area (Å²) in [7, 11) is 0. The molecule has 43 heavy (non-hydrogen) atoms. The lowest BCUT2D eigenvalue weighted by atomic mass is 10.0. The summed E-state index contributed by atoms with van der Waals surface area (Å²) in [5.41, 5.74) is 0.998. The van der Waals surface area contributed by atoms with E-state index >= 15 is 0 Å². The summed E-state index contributed by atoms with van der Waals surface area (Å²) < 4.78 is 10.6. The van der Waals surface area contributed by atoms with Crippen LogP contribution in [0.25, 0.3) is 0 Å². The molecule has 0 aliphatic carbocycles. The Kier molecular flexibility index (Phi) is 10.4. The van der Waals surface area contributed by atoms with E-state index in [0.29, 0.717) is 30.5 Å². The Balaban J connectivity index is 1.21. The predicted molar refractivity (Wildman–Crippen MR) is 153 cm³/mol. The highest BCUT2D eigenvalue weighted by atomic mass is 32.1. The molecule has 2 saturated heterocycles. The number of hydrogen-bond acceptors (Lipinski definition) is 11. The van der Waals surface area contributed by atoms with Gasteiger partial charge in [0.15, 0.2) is 0 Å². The number of likely N-dealkylation sites (tertiary alicyclic amines) is 2. The van der Waals surface area contributed by atoms with Gasteiger partial charge < -0.3 is 29.7 Å². The van der Waals surface area contributed by atoms with Crippen molar-refractivity contribution in [1.29, 1.82) is 0 Å². The zero-order chi connectivity index (χ0) is 31.1. The molecule has 16 heteroatoms. The van der Waals surface area contributed by atoms with Gasteiger partial charge in [-0.25, -0.2) is 9.59 Å². The monoisotopic (exact) mass is 617 g/mol. The number of thiol groups is 1. The minimum absolute atomic E-state index is 0.0586. The van der Waals surface area contributed by atoms with Gasteiger partial charge in [-0.15, -0.1) is 0 Å². The van der Waals surface area contributed by atoms with Gasteiger partial charge in [0.25, 0.3) is 11.4 Å². The third-order valence-corrected chi connectivity index (χ3v) is 7.60. The summed E-state index contributed by atoms with van der Waals surface area (Å²) in [6.45, 7) is 0.597. The molecule has 0 spiro atoms. The van der Waals surface area contributed by atoms with Crippen LogP contribution in [0.1, 0.15) is 30.4 Å². The van der Waals surface area contributed by atoms with Crippen molar-refractivity contribution < 1.29 is 38.8 Å². The topological polar surface area (TPSA) is 195 Å². The fourth-order valence-corrected chi connectivity index (χ4v) is 5.36. The van der Waals surface area contributed by atoms with Crippen LogP contribution in [0.15, 0.2) is 48.5 Å². The number of nitrogens with zero attached hydrogens (tertiary/aromatic N) is 4. The molecule has 4 atom stereocenters. The summed E-state index contributed by atoms with van der Waals surface area (Å²) in [6, 6.07) is 10.2. The van der Waals surface area contributed by atoms with Crippen LogP contribution < -0.4 is 5.32 Å². The number of amides is 3. The number of carbonyl (C=O) groups excluding carboxylic acids is 3. The molecular formula is C27H31N5O10S. The van der Waals surface area contributed by atoms with E-state index in [9.17, 15) is 39.7 Å². The number of ether oxygens (including phenoxy) is 2. The van der Waals surface area contributed by atoms with E-state index in [2.05, 4.69) is 17.9 Å². The first-order chi connectivity index (χ1) is 20.5. The highest BCUT2D eigenvalue weighted by molar-refractivity contribution is 7.81. The van der Waals surface area contributed by atoms with Gasteiger partial charge in [-0.05, 0) is 48.2 Å². The molecule has 2 fully saturated rings. The van der Waals surface area contributed by atoms with Crippen LogP contribution in [0.4, 0.5) is 21.0 Å². The average molecular weight is 618 g/mol. The first-order valence-corrected chi connectivity index (χ1v) is 14.0. The highest BCUT2D eigenvalue weighted by Gasteiger charge is 2.40. The summed E-state index contributed by atoms with van der Waals surface area (Å²) in [5.74, 6) is -0.444. The lowest BCUT2D eigenvalue weighted by Gasteiger charge is -2.28. The molecule has 230 valence electrons. The zero-order valence-corrected chi connectivity index (χ0v) is 23.8. The van der Waals surface area contributed by atoms with Gasteiger partial charge in [-0.2, -0.15) is 12.6 Å². The Labute approximate surface area is 251 Å². The zero-order valence-electron chi connectivity index (χ0n) is 22.9. The molecule has 2 aromatic rings. The van der Waals surface area contributed by atoms with Crippen molar-refractivity contribution in [2.45, 2.75) is 55.9 Å². The second kappa shape index (κ2) is 14.2. The SMILES string of the molecule is O=C(CC(O)[C@@H]1C[C@H](S)CN1C(=O)OCc1ccc([N+](=O)[O-])cc1)N[C@@H]1CCN(C(=O)OCc2ccc([N+](=O)[O-])cc2)C1. The summed E-state index contributed by atoms with van der Waals surface area (Å²) in [4.78, 5) is 61.2. The van der Waals surface area contributed by atoms with Gasteiger partial charge in [0, 0.05) is 55.2 Å². The summed E-state index contributed by atoms with van der Waals surface area (Å²) in [6.07, 6.45) is -1.91. The molecule has 1 unspecified atom stereocenters. The van der Waals surface area contributed by atoms with Gasteiger partial charge in [-0.3, -0.25) is 25.0 Å². The lowest BCUT2D eigenvalue weighted by Crippen LogP contribution is -2.46. The van der Waals surface area contributed by atoms with E-state index in [4.69, 9.17) is 9.47 Å². The van der Waals surface area contributed by atoms with Gasteiger partial charge in [0.2, 0.25) is 5.91 Å². The van der Waals surface area contributed by atoms with E-state index in [1.807, 2.05) is 0 Å². The maximum Gasteiger partial charge on any atom is 0.410 e. The van der Waals surface area contributed by atoms with Crippen molar-refractivity contribution in [2.24, 2.45) is 0 Å². The smallest absolute Gasteiger partial charge is 0.410 e. The summed E-state index contributed by atoms with van der Waals surface area (Å²) in [5, 5.41) is 35.0. The van der Waals surface area contributed by atoms with E-state index in [0.717, 1.165) is 0 Å². The predicted octanol–water partition coefficient (Wildman–Crippen LogP) is 2.79. The fraction of sp³-hybridized carbons (Fsp3) is 0.444. The number of rotatable bonds is 10. The average Bonchev–Trinajstić information content (AvgIpc) is 3.61. The number of nitrogens with one attached hydrogen (secondary N) is 1. The van der Waals surface area contributed by atoms with E-state index < -0.39 is 40.1 Å². The van der Waals surface area contributed by atoms with Crippen molar-refractivity contribution in [3.8, 4) is 0 Å². The third-order valence-electron chi connectivity index (χ3n) is 7.23. The normalized spacial score (nSPS) is 20.4. The minimum atomic E-state index is -1.19. The summed E-state index contributed by atoms with van der Waals surface area (Å²) >= 11 is 4.43. The van der Waals surface area contributed by atoms with Crippen molar-refractivity contribution in [1.82, 2.24) is 15.1 Å². The van der Waals surface area contributed by atoms with Crippen molar-refractivity contribution in [2.75, 3.05) is 19.6 Å². The number of aliphatic hydroxyl groups excluding tert-OH is 1. The molecule has 4 rings (SSSR count). The molecule has 0 saturated carbocycles. The first kappa shape index (κ1) is 31.5. The van der Waals surface area contributed by atoms with Gasteiger partial charge in [0.1, 0.15) is 13.2 Å². The Hall–Kier alpha value is -4.44. The van der Waals surface area contributed by atoms with Crippen LogP contribution in [0.3, 0.4) is 0 Å². The molecule has 2 N–H and O–H groups in total. The molecule has 2 heterocycles. The number of carbonyl (C=O) groups is 3. The molecule has 2 aliphatic heterocycles. The largest absolute Gasteiger partial charge is 0.445 e. The molecule has 0 radical (unpaired) electrons. The van der Waals surface area contributed by atoms with E-state index in [1.54, 1.807) is 0 Å². The minimum Gasteiger partial charge on any atom is -0.445 e. The fourth-order valence-electron chi connectivity index (χ4n) is 4.97. The van der Waals surface area contributed by atoms with Crippen molar-refractivity contribution in [3.63, 3.8) is 0 Å². The highest BCUT2D eigenvalue weighted by Crippen LogP contribution is 2.27. The Bertz CT molecular complexity index is 1340. The van der Waals surface area contributed by atoms with Crippen LogP contribution in [-0.2, 0) is 27.5 Å². The quantitative estimate of drug-likeness (QED) is 0.203. The number of aliphatic hydroxyl groups is 1. The van der Waals surface area contributed by atoms with Gasteiger partial charge >= 0.3 is 12.2 Å². The maximum atomic E-state index is 12.8. The Morgan fingerprint density at radius 2 is 1.47 bits per heavy atom. The number of nitro benzene ring substituents is 2. The van der Waals surface area contributed by atoms with Crippen LogP contribution in [-0.4, -0.2) is 85.9 Å².